The smallest absolute Gasteiger partial charge is 0.164 e. The fourth-order valence-electron chi connectivity index (χ4n) is 3.00. The first-order valence-electron chi connectivity index (χ1n) is 6.78. The van der Waals surface area contributed by atoms with E-state index in [0.717, 1.165) is 0 Å². The topological polar surface area (TPSA) is 15.8 Å². The second-order valence-corrected chi connectivity index (χ2v) is 7.09. The summed E-state index contributed by atoms with van der Waals surface area (Å²) in [5.41, 5.74) is 2.84. The Labute approximate surface area is 116 Å². The largest absolute Gasteiger partial charge is 0.361 e. The standard InChI is InChI=1S/C17H16NS/c1-2-5-13(6-3-1)19-12-4-7-15-14-10-11-18-16(14)8-9-17(15)19/h1-3,5-6,8-11,18H,4,7,12H2/q+1. The minimum absolute atomic E-state index is 0.263. The molecule has 1 aliphatic rings. The molecule has 0 bridgehead atoms. The zero-order valence-corrected chi connectivity index (χ0v) is 11.5. The molecule has 0 spiro atoms. The second-order valence-electron chi connectivity index (χ2n) is 4.99. The van der Waals surface area contributed by atoms with Gasteiger partial charge in [0.15, 0.2) is 9.79 Å². The molecular formula is C17H16NS+. The van der Waals surface area contributed by atoms with E-state index in [4.69, 9.17) is 0 Å². The van der Waals surface area contributed by atoms with Gasteiger partial charge in [0, 0.05) is 22.7 Å². The summed E-state index contributed by atoms with van der Waals surface area (Å²) in [7, 11) is 0.263. The first-order valence-corrected chi connectivity index (χ1v) is 8.18. The van der Waals surface area contributed by atoms with Crippen LogP contribution in [0.2, 0.25) is 0 Å². The summed E-state index contributed by atoms with van der Waals surface area (Å²) in [6, 6.07) is 17.8. The van der Waals surface area contributed by atoms with Crippen LogP contribution in [0.1, 0.15) is 12.0 Å². The van der Waals surface area contributed by atoms with Crippen LogP contribution in [0, 0.1) is 0 Å². The van der Waals surface area contributed by atoms with Crippen molar-refractivity contribution >= 4 is 21.8 Å². The molecule has 3 aromatic rings. The van der Waals surface area contributed by atoms with E-state index in [1.807, 2.05) is 0 Å². The molecule has 1 aliphatic heterocycles. The Kier molecular flexibility index (Phi) is 2.63. The molecule has 1 N–H and O–H groups in total. The summed E-state index contributed by atoms with van der Waals surface area (Å²) in [6.07, 6.45) is 4.58. The molecule has 0 saturated heterocycles. The van der Waals surface area contributed by atoms with Gasteiger partial charge in [-0.1, -0.05) is 18.2 Å². The number of aromatic amines is 1. The number of aromatic nitrogens is 1. The number of nitrogens with one attached hydrogen (secondary N) is 1. The van der Waals surface area contributed by atoms with Gasteiger partial charge in [-0.05, 0) is 43.2 Å². The number of fused-ring (bicyclic) bond motifs is 3. The maximum Gasteiger partial charge on any atom is 0.164 e. The van der Waals surface area contributed by atoms with Crippen LogP contribution in [0.15, 0.2) is 64.5 Å². The highest BCUT2D eigenvalue weighted by molar-refractivity contribution is 7.97. The minimum atomic E-state index is 0.263. The van der Waals surface area contributed by atoms with E-state index in [1.54, 1.807) is 10.5 Å². The molecule has 94 valence electrons. The SMILES string of the molecule is c1ccc([S+]2CCCc3c2ccc2[nH]ccc32)cc1. The molecule has 4 rings (SSSR count). The van der Waals surface area contributed by atoms with E-state index in [1.165, 1.54) is 34.4 Å². The summed E-state index contributed by atoms with van der Waals surface area (Å²) >= 11 is 0. The van der Waals surface area contributed by atoms with E-state index >= 15 is 0 Å². The number of hydrogen-bond donors (Lipinski definition) is 1. The van der Waals surface area contributed by atoms with Crippen molar-refractivity contribution in [2.24, 2.45) is 0 Å². The highest BCUT2D eigenvalue weighted by atomic mass is 32.2. The van der Waals surface area contributed by atoms with Crippen molar-refractivity contribution in [3.8, 4) is 0 Å². The summed E-state index contributed by atoms with van der Waals surface area (Å²) in [4.78, 5) is 6.37. The predicted octanol–water partition coefficient (Wildman–Crippen LogP) is 4.15. The summed E-state index contributed by atoms with van der Waals surface area (Å²) in [6.45, 7) is 0. The summed E-state index contributed by atoms with van der Waals surface area (Å²) in [5, 5.41) is 1.42. The third-order valence-electron chi connectivity index (χ3n) is 3.87. The van der Waals surface area contributed by atoms with Gasteiger partial charge in [0.05, 0.1) is 10.9 Å². The van der Waals surface area contributed by atoms with Gasteiger partial charge in [0.1, 0.15) is 5.75 Å². The molecule has 0 aliphatic carbocycles. The average Bonchev–Trinajstić information content (AvgIpc) is 2.96. The van der Waals surface area contributed by atoms with Crippen molar-refractivity contribution in [1.82, 2.24) is 4.98 Å². The van der Waals surface area contributed by atoms with Crippen LogP contribution in [-0.2, 0) is 17.3 Å². The molecule has 19 heavy (non-hydrogen) atoms. The quantitative estimate of drug-likeness (QED) is 0.637. The molecule has 0 fully saturated rings. The first kappa shape index (κ1) is 11.2. The zero-order chi connectivity index (χ0) is 12.7. The third-order valence-corrected chi connectivity index (χ3v) is 6.32. The van der Waals surface area contributed by atoms with Gasteiger partial charge in [-0.25, -0.2) is 0 Å². The van der Waals surface area contributed by atoms with Gasteiger partial charge in [-0.3, -0.25) is 0 Å². The molecule has 0 saturated carbocycles. The van der Waals surface area contributed by atoms with Crippen molar-refractivity contribution < 1.29 is 0 Å². The molecular weight excluding hydrogens is 250 g/mol. The second kappa shape index (κ2) is 4.46. The molecule has 2 aromatic carbocycles. The monoisotopic (exact) mass is 266 g/mol. The average molecular weight is 266 g/mol. The van der Waals surface area contributed by atoms with E-state index in [2.05, 4.69) is 59.7 Å². The zero-order valence-electron chi connectivity index (χ0n) is 10.7. The van der Waals surface area contributed by atoms with Crippen LogP contribution in [0.3, 0.4) is 0 Å². The number of H-pyrrole nitrogens is 1. The number of rotatable bonds is 1. The van der Waals surface area contributed by atoms with Crippen LogP contribution < -0.4 is 0 Å². The fraction of sp³-hybridized carbons (Fsp3) is 0.176. The predicted molar refractivity (Wildman–Crippen MR) is 81.8 cm³/mol. The van der Waals surface area contributed by atoms with E-state index in [0.29, 0.717) is 0 Å². The van der Waals surface area contributed by atoms with Gasteiger partial charge in [-0.15, -0.1) is 0 Å². The van der Waals surface area contributed by atoms with E-state index in [-0.39, 0.29) is 10.9 Å². The van der Waals surface area contributed by atoms with Gasteiger partial charge < -0.3 is 4.98 Å². The number of benzene rings is 2. The van der Waals surface area contributed by atoms with Crippen LogP contribution in [0.5, 0.6) is 0 Å². The maximum absolute atomic E-state index is 3.33. The van der Waals surface area contributed by atoms with Crippen molar-refractivity contribution in [3.05, 3.63) is 60.3 Å². The normalized spacial score (nSPS) is 18.4. The van der Waals surface area contributed by atoms with Crippen molar-refractivity contribution in [2.75, 3.05) is 5.75 Å². The fourth-order valence-corrected chi connectivity index (χ4v) is 5.37. The highest BCUT2D eigenvalue weighted by Crippen LogP contribution is 2.35. The lowest BCUT2D eigenvalue weighted by Gasteiger charge is -2.17. The Bertz CT molecular complexity index is 714. The summed E-state index contributed by atoms with van der Waals surface area (Å²) < 4.78 is 0. The Morgan fingerprint density at radius 1 is 0.947 bits per heavy atom. The molecule has 2 heterocycles. The Hall–Kier alpha value is -1.67. The number of hydrogen-bond acceptors (Lipinski definition) is 0. The van der Waals surface area contributed by atoms with Crippen LogP contribution in [0.25, 0.3) is 10.9 Å². The Balaban J connectivity index is 1.91. The first-order chi connectivity index (χ1) is 9.43. The maximum atomic E-state index is 3.33. The van der Waals surface area contributed by atoms with Gasteiger partial charge in [0.2, 0.25) is 0 Å². The summed E-state index contributed by atoms with van der Waals surface area (Å²) in [5.74, 6) is 1.30. The van der Waals surface area contributed by atoms with E-state index in [9.17, 15) is 0 Å². The molecule has 1 unspecified atom stereocenters. The van der Waals surface area contributed by atoms with Gasteiger partial charge >= 0.3 is 0 Å². The molecule has 1 atom stereocenters. The van der Waals surface area contributed by atoms with E-state index < -0.39 is 0 Å². The van der Waals surface area contributed by atoms with Crippen LogP contribution in [-0.4, -0.2) is 10.7 Å². The molecule has 1 nitrogen and oxygen atoms in total. The minimum Gasteiger partial charge on any atom is -0.361 e. The number of aryl methyl sites for hydroxylation is 1. The van der Waals surface area contributed by atoms with Crippen molar-refractivity contribution in [1.29, 1.82) is 0 Å². The van der Waals surface area contributed by atoms with Crippen molar-refractivity contribution in [3.63, 3.8) is 0 Å². The lowest BCUT2D eigenvalue weighted by atomic mass is 10.1. The molecule has 1 aromatic heterocycles. The Morgan fingerprint density at radius 2 is 1.84 bits per heavy atom. The molecule has 2 heteroatoms. The molecule has 0 radical (unpaired) electrons. The van der Waals surface area contributed by atoms with Gasteiger partial charge in [0.25, 0.3) is 0 Å². The third kappa shape index (κ3) is 1.79. The highest BCUT2D eigenvalue weighted by Gasteiger charge is 2.32. The van der Waals surface area contributed by atoms with Crippen LogP contribution >= 0.6 is 0 Å². The lowest BCUT2D eigenvalue weighted by molar-refractivity contribution is 0.889. The van der Waals surface area contributed by atoms with Crippen LogP contribution in [0.4, 0.5) is 0 Å². The van der Waals surface area contributed by atoms with Crippen molar-refractivity contribution in [2.45, 2.75) is 22.6 Å². The lowest BCUT2D eigenvalue weighted by Crippen LogP contribution is -2.17. The molecule has 0 amide bonds. The van der Waals surface area contributed by atoms with Gasteiger partial charge in [-0.2, -0.15) is 0 Å². The Morgan fingerprint density at radius 3 is 2.74 bits per heavy atom.